The summed E-state index contributed by atoms with van der Waals surface area (Å²) in [4.78, 5) is 0. The Hall–Kier alpha value is -0.540. The van der Waals surface area contributed by atoms with Gasteiger partial charge in [-0.3, -0.25) is 0 Å². The van der Waals surface area contributed by atoms with Gasteiger partial charge in [0.2, 0.25) is 0 Å². The first kappa shape index (κ1) is 15.5. The number of hydrogen-bond donors (Lipinski definition) is 1. The van der Waals surface area contributed by atoms with Crippen LogP contribution in [-0.2, 0) is 6.54 Å². The van der Waals surface area contributed by atoms with Crippen LogP contribution in [0, 0.1) is 0 Å². The number of benzene rings is 1. The summed E-state index contributed by atoms with van der Waals surface area (Å²) in [5.74, 6) is 0.997. The van der Waals surface area contributed by atoms with Crippen LogP contribution in [0.5, 0.6) is 5.75 Å². The summed E-state index contributed by atoms with van der Waals surface area (Å²) in [5.41, 5.74) is 1.23. The molecule has 1 N–H and O–H groups in total. The van der Waals surface area contributed by atoms with E-state index < -0.39 is 0 Å². The second-order valence-corrected chi connectivity index (χ2v) is 5.31. The number of halogens is 1. The number of ether oxygens (including phenoxy) is 1. The maximum atomic E-state index is 5.91. The third kappa shape index (κ3) is 5.40. The molecule has 0 heterocycles. The normalized spacial score (nSPS) is 10.6. The zero-order chi connectivity index (χ0) is 13.2. The minimum Gasteiger partial charge on any atom is -0.492 e. The average molecular weight is 314 g/mol. The second-order valence-electron chi connectivity index (χ2n) is 4.46. The second kappa shape index (κ2) is 9.40. The van der Waals surface area contributed by atoms with Crippen LogP contribution < -0.4 is 10.1 Å². The lowest BCUT2D eigenvalue weighted by Crippen LogP contribution is -2.15. The summed E-state index contributed by atoms with van der Waals surface area (Å²) in [7, 11) is 0. The lowest BCUT2D eigenvalue weighted by molar-refractivity contribution is 0.300. The standard InChI is InChI=1S/C15H24BrNO/c1-3-5-6-11-18-15-13(12-17-10-4-2)8-7-9-14(15)16/h7-9,17H,3-6,10-12H2,1-2H3. The van der Waals surface area contributed by atoms with Crippen molar-refractivity contribution in [1.29, 1.82) is 0 Å². The van der Waals surface area contributed by atoms with Crippen molar-refractivity contribution in [2.75, 3.05) is 13.2 Å². The van der Waals surface area contributed by atoms with Crippen molar-refractivity contribution in [1.82, 2.24) is 5.32 Å². The first-order valence-corrected chi connectivity index (χ1v) is 7.69. The predicted octanol–water partition coefficient (Wildman–Crippen LogP) is 4.52. The molecule has 0 aliphatic rings. The van der Waals surface area contributed by atoms with Crippen LogP contribution >= 0.6 is 15.9 Å². The molecule has 0 bridgehead atoms. The first-order chi connectivity index (χ1) is 8.79. The number of rotatable bonds is 9. The van der Waals surface area contributed by atoms with E-state index >= 15 is 0 Å². The van der Waals surface area contributed by atoms with Crippen molar-refractivity contribution < 1.29 is 4.74 Å². The van der Waals surface area contributed by atoms with Crippen LogP contribution in [0.4, 0.5) is 0 Å². The first-order valence-electron chi connectivity index (χ1n) is 6.90. The highest BCUT2D eigenvalue weighted by Gasteiger charge is 2.07. The number of para-hydroxylation sites is 1. The summed E-state index contributed by atoms with van der Waals surface area (Å²) in [6, 6.07) is 6.23. The molecule has 0 aliphatic carbocycles. The van der Waals surface area contributed by atoms with Gasteiger partial charge < -0.3 is 10.1 Å². The molecule has 18 heavy (non-hydrogen) atoms. The van der Waals surface area contributed by atoms with E-state index in [0.717, 1.165) is 42.8 Å². The fraction of sp³-hybridized carbons (Fsp3) is 0.600. The minimum absolute atomic E-state index is 0.803. The number of hydrogen-bond acceptors (Lipinski definition) is 2. The third-order valence-corrected chi connectivity index (χ3v) is 3.41. The van der Waals surface area contributed by atoms with Gasteiger partial charge in [-0.1, -0.05) is 38.8 Å². The Balaban J connectivity index is 2.56. The molecule has 1 aromatic rings. The Bertz CT molecular complexity index is 341. The van der Waals surface area contributed by atoms with Gasteiger partial charge in [0.15, 0.2) is 0 Å². The van der Waals surface area contributed by atoms with Gasteiger partial charge in [-0.05, 0) is 41.4 Å². The summed E-state index contributed by atoms with van der Waals surface area (Å²) >= 11 is 3.57. The summed E-state index contributed by atoms with van der Waals surface area (Å²) in [6.07, 6.45) is 4.73. The molecule has 0 atom stereocenters. The third-order valence-electron chi connectivity index (χ3n) is 2.79. The van der Waals surface area contributed by atoms with Gasteiger partial charge in [0.05, 0.1) is 11.1 Å². The van der Waals surface area contributed by atoms with E-state index in [1.165, 1.54) is 18.4 Å². The summed E-state index contributed by atoms with van der Waals surface area (Å²) in [5, 5.41) is 3.42. The van der Waals surface area contributed by atoms with E-state index in [0.29, 0.717) is 0 Å². The minimum atomic E-state index is 0.803. The highest BCUT2D eigenvalue weighted by atomic mass is 79.9. The molecule has 1 rings (SSSR count). The fourth-order valence-corrected chi connectivity index (χ4v) is 2.30. The molecule has 0 amide bonds. The topological polar surface area (TPSA) is 21.3 Å². The molecule has 0 unspecified atom stereocenters. The molecule has 0 spiro atoms. The maximum absolute atomic E-state index is 5.91. The molecule has 0 aromatic heterocycles. The largest absolute Gasteiger partial charge is 0.492 e. The zero-order valence-corrected chi connectivity index (χ0v) is 13.1. The van der Waals surface area contributed by atoms with E-state index in [9.17, 15) is 0 Å². The SMILES string of the molecule is CCCCCOc1c(Br)cccc1CNCCC. The number of nitrogens with one attached hydrogen (secondary N) is 1. The van der Waals surface area contributed by atoms with Crippen LogP contribution in [0.3, 0.4) is 0 Å². The van der Waals surface area contributed by atoms with Crippen LogP contribution in [0.2, 0.25) is 0 Å². The smallest absolute Gasteiger partial charge is 0.137 e. The van der Waals surface area contributed by atoms with E-state index in [2.05, 4.69) is 47.2 Å². The predicted molar refractivity (Wildman–Crippen MR) is 81.2 cm³/mol. The highest BCUT2D eigenvalue weighted by molar-refractivity contribution is 9.10. The Labute approximate surface area is 119 Å². The zero-order valence-electron chi connectivity index (χ0n) is 11.5. The lowest BCUT2D eigenvalue weighted by atomic mass is 10.2. The summed E-state index contributed by atoms with van der Waals surface area (Å²) < 4.78 is 6.96. The van der Waals surface area contributed by atoms with Crippen LogP contribution in [0.15, 0.2) is 22.7 Å². The maximum Gasteiger partial charge on any atom is 0.137 e. The van der Waals surface area contributed by atoms with Gasteiger partial charge in [0, 0.05) is 12.1 Å². The van der Waals surface area contributed by atoms with Crippen molar-refractivity contribution in [2.45, 2.75) is 46.1 Å². The van der Waals surface area contributed by atoms with Crippen molar-refractivity contribution in [2.24, 2.45) is 0 Å². The van der Waals surface area contributed by atoms with E-state index in [-0.39, 0.29) is 0 Å². The Kier molecular flexibility index (Phi) is 8.10. The van der Waals surface area contributed by atoms with Crippen LogP contribution in [0.25, 0.3) is 0 Å². The van der Waals surface area contributed by atoms with E-state index in [4.69, 9.17) is 4.74 Å². The molecular formula is C15H24BrNO. The van der Waals surface area contributed by atoms with Crippen molar-refractivity contribution >= 4 is 15.9 Å². The molecule has 0 saturated carbocycles. The molecule has 0 aliphatic heterocycles. The quantitative estimate of drug-likeness (QED) is 0.677. The molecule has 0 saturated heterocycles. The number of unbranched alkanes of at least 4 members (excludes halogenated alkanes) is 2. The van der Waals surface area contributed by atoms with Gasteiger partial charge >= 0.3 is 0 Å². The van der Waals surface area contributed by atoms with Crippen molar-refractivity contribution in [3.8, 4) is 5.75 Å². The van der Waals surface area contributed by atoms with Gasteiger partial charge in [0.25, 0.3) is 0 Å². The van der Waals surface area contributed by atoms with Gasteiger partial charge in [-0.15, -0.1) is 0 Å². The Morgan fingerprint density at radius 2 is 2.00 bits per heavy atom. The molecule has 0 fully saturated rings. The van der Waals surface area contributed by atoms with Gasteiger partial charge in [-0.25, -0.2) is 0 Å². The van der Waals surface area contributed by atoms with Gasteiger partial charge in [-0.2, -0.15) is 0 Å². The van der Waals surface area contributed by atoms with Gasteiger partial charge in [0.1, 0.15) is 5.75 Å². The molecule has 102 valence electrons. The average Bonchev–Trinajstić information content (AvgIpc) is 2.37. The molecule has 2 nitrogen and oxygen atoms in total. The van der Waals surface area contributed by atoms with E-state index in [1.807, 2.05) is 6.07 Å². The molecule has 0 radical (unpaired) electrons. The fourth-order valence-electron chi connectivity index (χ4n) is 1.78. The van der Waals surface area contributed by atoms with Crippen molar-refractivity contribution in [3.63, 3.8) is 0 Å². The Morgan fingerprint density at radius 3 is 2.72 bits per heavy atom. The lowest BCUT2D eigenvalue weighted by Gasteiger charge is -2.13. The molecule has 3 heteroatoms. The Morgan fingerprint density at radius 1 is 1.17 bits per heavy atom. The highest BCUT2D eigenvalue weighted by Crippen LogP contribution is 2.29. The molecule has 1 aromatic carbocycles. The van der Waals surface area contributed by atoms with Crippen molar-refractivity contribution in [3.05, 3.63) is 28.2 Å². The molecular weight excluding hydrogens is 290 g/mol. The van der Waals surface area contributed by atoms with Crippen LogP contribution in [-0.4, -0.2) is 13.2 Å². The summed E-state index contributed by atoms with van der Waals surface area (Å²) in [6.45, 7) is 7.10. The van der Waals surface area contributed by atoms with E-state index in [1.54, 1.807) is 0 Å². The monoisotopic (exact) mass is 313 g/mol. The van der Waals surface area contributed by atoms with Crippen LogP contribution in [0.1, 0.15) is 45.1 Å².